The molecule has 23 heavy (non-hydrogen) atoms. The van der Waals surface area contributed by atoms with Gasteiger partial charge in [-0.05, 0) is 37.1 Å². The van der Waals surface area contributed by atoms with Crippen molar-refractivity contribution in [2.75, 3.05) is 6.54 Å². The average Bonchev–Trinajstić information content (AvgIpc) is 2.46. The van der Waals surface area contributed by atoms with E-state index in [1.54, 1.807) is 0 Å². The lowest BCUT2D eigenvalue weighted by molar-refractivity contribution is -0.137. The fourth-order valence-electron chi connectivity index (χ4n) is 2.58. The Morgan fingerprint density at radius 1 is 1.09 bits per heavy atom. The van der Waals surface area contributed by atoms with Crippen molar-refractivity contribution in [3.63, 3.8) is 0 Å². The Hall–Kier alpha value is -0.830. The van der Waals surface area contributed by atoms with Crippen LogP contribution >= 0.6 is 12.4 Å². The predicted octanol–water partition coefficient (Wildman–Crippen LogP) is 3.07. The normalized spacial score (nSPS) is 18.3. The van der Waals surface area contributed by atoms with E-state index in [2.05, 4.69) is 4.72 Å². The molecule has 0 saturated heterocycles. The first kappa shape index (κ1) is 20.2. The molecule has 0 aliphatic heterocycles. The summed E-state index contributed by atoms with van der Waals surface area (Å²) in [6.45, 7) is 0.0936. The van der Waals surface area contributed by atoms with Crippen molar-refractivity contribution < 1.29 is 21.6 Å². The van der Waals surface area contributed by atoms with Gasteiger partial charge in [-0.15, -0.1) is 12.4 Å². The summed E-state index contributed by atoms with van der Waals surface area (Å²) >= 11 is 0. The molecule has 132 valence electrons. The topological polar surface area (TPSA) is 72.2 Å². The van der Waals surface area contributed by atoms with Crippen molar-refractivity contribution in [3.8, 4) is 0 Å². The van der Waals surface area contributed by atoms with Crippen LogP contribution in [0.3, 0.4) is 0 Å². The predicted molar refractivity (Wildman–Crippen MR) is 83.9 cm³/mol. The average molecular weight is 373 g/mol. The molecule has 0 heterocycles. The van der Waals surface area contributed by atoms with Crippen molar-refractivity contribution in [3.05, 3.63) is 29.8 Å². The van der Waals surface area contributed by atoms with Crippen molar-refractivity contribution in [2.24, 2.45) is 5.73 Å². The molecule has 9 heteroatoms. The Labute approximate surface area is 140 Å². The number of nitrogens with one attached hydrogen (secondary N) is 1. The summed E-state index contributed by atoms with van der Waals surface area (Å²) < 4.78 is 64.1. The van der Waals surface area contributed by atoms with E-state index in [4.69, 9.17) is 5.73 Å². The molecule has 1 aliphatic rings. The molecule has 0 atom stereocenters. The molecule has 3 N–H and O–H groups in total. The van der Waals surface area contributed by atoms with Crippen LogP contribution in [-0.4, -0.2) is 20.5 Å². The maximum atomic E-state index is 12.5. The molecule has 1 aromatic rings. The van der Waals surface area contributed by atoms with Crippen LogP contribution in [0.2, 0.25) is 0 Å². The van der Waals surface area contributed by atoms with E-state index < -0.39 is 27.3 Å². The number of sulfonamides is 1. The third kappa shape index (κ3) is 5.34. The van der Waals surface area contributed by atoms with Gasteiger partial charge in [0.25, 0.3) is 0 Å². The van der Waals surface area contributed by atoms with Gasteiger partial charge < -0.3 is 5.73 Å². The molecule has 0 aromatic heterocycles. The number of rotatable bonds is 4. The molecule has 2 rings (SSSR count). The highest BCUT2D eigenvalue weighted by atomic mass is 35.5. The number of nitrogens with two attached hydrogens (primary N) is 1. The lowest BCUT2D eigenvalue weighted by Gasteiger charge is -2.33. The Balaban J connectivity index is 0.00000264. The van der Waals surface area contributed by atoms with Gasteiger partial charge in [-0.25, -0.2) is 13.1 Å². The van der Waals surface area contributed by atoms with E-state index in [1.165, 1.54) is 0 Å². The summed E-state index contributed by atoms with van der Waals surface area (Å²) in [6.07, 6.45) is -0.00812. The van der Waals surface area contributed by atoms with Gasteiger partial charge in [-0.1, -0.05) is 19.3 Å². The SMILES string of the molecule is Cl.NC1(CNS(=O)(=O)c2ccc(C(F)(F)F)cc2)CCCCC1. The van der Waals surface area contributed by atoms with Crippen LogP contribution in [0, 0.1) is 0 Å². The number of hydrogen-bond acceptors (Lipinski definition) is 3. The summed E-state index contributed by atoms with van der Waals surface area (Å²) in [7, 11) is -3.86. The molecule has 0 unspecified atom stereocenters. The van der Waals surface area contributed by atoms with Gasteiger partial charge in [0.15, 0.2) is 0 Å². The zero-order valence-electron chi connectivity index (χ0n) is 12.4. The maximum Gasteiger partial charge on any atom is 0.416 e. The summed E-state index contributed by atoms with van der Waals surface area (Å²) in [4.78, 5) is -0.195. The molecule has 1 saturated carbocycles. The second-order valence-corrected chi connectivity index (χ2v) is 7.54. The van der Waals surface area contributed by atoms with E-state index >= 15 is 0 Å². The van der Waals surface area contributed by atoms with Gasteiger partial charge in [0.2, 0.25) is 10.0 Å². The van der Waals surface area contributed by atoms with Crippen LogP contribution in [-0.2, 0) is 16.2 Å². The largest absolute Gasteiger partial charge is 0.416 e. The first-order valence-electron chi connectivity index (χ1n) is 7.08. The van der Waals surface area contributed by atoms with E-state index in [0.717, 1.165) is 56.4 Å². The van der Waals surface area contributed by atoms with Gasteiger partial charge in [0.05, 0.1) is 10.5 Å². The fraction of sp³-hybridized carbons (Fsp3) is 0.571. The van der Waals surface area contributed by atoms with Gasteiger partial charge in [0, 0.05) is 12.1 Å². The van der Waals surface area contributed by atoms with Crippen LogP contribution in [0.15, 0.2) is 29.2 Å². The zero-order chi connectivity index (χ0) is 16.4. The van der Waals surface area contributed by atoms with E-state index in [-0.39, 0.29) is 23.8 Å². The van der Waals surface area contributed by atoms with Gasteiger partial charge in [-0.2, -0.15) is 13.2 Å². The monoisotopic (exact) mass is 372 g/mol. The third-order valence-electron chi connectivity index (χ3n) is 3.96. The minimum atomic E-state index is -4.49. The molecular formula is C14H20ClF3N2O2S. The van der Waals surface area contributed by atoms with Crippen molar-refractivity contribution >= 4 is 22.4 Å². The van der Waals surface area contributed by atoms with E-state index in [9.17, 15) is 21.6 Å². The lowest BCUT2D eigenvalue weighted by Crippen LogP contribution is -2.51. The van der Waals surface area contributed by atoms with Crippen LogP contribution < -0.4 is 10.5 Å². The maximum absolute atomic E-state index is 12.5. The van der Waals surface area contributed by atoms with Gasteiger partial charge in [0.1, 0.15) is 0 Å². The molecular weight excluding hydrogens is 353 g/mol. The summed E-state index contributed by atoms with van der Waals surface area (Å²) in [5.41, 5.74) is 4.70. The third-order valence-corrected chi connectivity index (χ3v) is 5.37. The summed E-state index contributed by atoms with van der Waals surface area (Å²) in [5, 5.41) is 0. The second kappa shape index (κ2) is 7.38. The number of benzene rings is 1. The molecule has 0 radical (unpaired) electrons. The first-order chi connectivity index (χ1) is 10.1. The van der Waals surface area contributed by atoms with Crippen LogP contribution in [0.4, 0.5) is 13.2 Å². The van der Waals surface area contributed by atoms with E-state index in [0.29, 0.717) is 0 Å². The van der Waals surface area contributed by atoms with Crippen molar-refractivity contribution in [2.45, 2.75) is 48.7 Å². The van der Waals surface area contributed by atoms with Crippen LogP contribution in [0.5, 0.6) is 0 Å². The first-order valence-corrected chi connectivity index (χ1v) is 8.57. The number of alkyl halides is 3. The minimum Gasteiger partial charge on any atom is -0.324 e. The molecule has 0 amide bonds. The minimum absolute atomic E-state index is 0. The number of hydrogen-bond donors (Lipinski definition) is 2. The smallest absolute Gasteiger partial charge is 0.324 e. The lowest BCUT2D eigenvalue weighted by atomic mass is 9.83. The second-order valence-electron chi connectivity index (χ2n) is 5.77. The number of halogens is 4. The summed E-state index contributed by atoms with van der Waals surface area (Å²) in [6, 6.07) is 3.42. The highest BCUT2D eigenvalue weighted by Gasteiger charge is 2.32. The standard InChI is InChI=1S/C14H19F3N2O2S.ClH/c15-14(16,17)11-4-6-12(7-5-11)22(20,21)19-10-13(18)8-2-1-3-9-13;/h4-7,19H,1-3,8-10,18H2;1H. The zero-order valence-corrected chi connectivity index (χ0v) is 14.0. The van der Waals surface area contributed by atoms with Gasteiger partial charge in [-0.3, -0.25) is 0 Å². The Bertz CT molecular complexity index is 612. The van der Waals surface area contributed by atoms with E-state index in [1.807, 2.05) is 0 Å². The molecule has 1 aliphatic carbocycles. The Morgan fingerprint density at radius 3 is 2.09 bits per heavy atom. The molecule has 1 aromatic carbocycles. The van der Waals surface area contributed by atoms with Gasteiger partial charge >= 0.3 is 6.18 Å². The van der Waals surface area contributed by atoms with Crippen molar-refractivity contribution in [1.82, 2.24) is 4.72 Å². The fourth-order valence-corrected chi connectivity index (χ4v) is 3.72. The molecule has 0 spiro atoms. The Kier molecular flexibility index (Phi) is 6.48. The van der Waals surface area contributed by atoms with Crippen molar-refractivity contribution in [1.29, 1.82) is 0 Å². The van der Waals surface area contributed by atoms with Crippen LogP contribution in [0.1, 0.15) is 37.7 Å². The molecule has 1 fully saturated rings. The molecule has 0 bridgehead atoms. The van der Waals surface area contributed by atoms with Crippen LogP contribution in [0.25, 0.3) is 0 Å². The highest BCUT2D eigenvalue weighted by Crippen LogP contribution is 2.30. The summed E-state index contributed by atoms with van der Waals surface area (Å²) in [5.74, 6) is 0. The quantitative estimate of drug-likeness (QED) is 0.853. The Morgan fingerprint density at radius 2 is 1.61 bits per heavy atom. The highest BCUT2D eigenvalue weighted by molar-refractivity contribution is 7.89. The molecule has 4 nitrogen and oxygen atoms in total.